The van der Waals surface area contributed by atoms with Gasteiger partial charge in [-0.05, 0) is 48.4 Å². The second-order valence-corrected chi connectivity index (χ2v) is 6.91. The van der Waals surface area contributed by atoms with E-state index in [2.05, 4.69) is 17.2 Å². The highest BCUT2D eigenvalue weighted by Gasteiger charge is 2.36. The van der Waals surface area contributed by atoms with Crippen LogP contribution >= 0.6 is 11.8 Å². The summed E-state index contributed by atoms with van der Waals surface area (Å²) in [5, 5.41) is 3.38. The largest absolute Gasteiger partial charge is 0.461 e. The van der Waals surface area contributed by atoms with E-state index in [4.69, 9.17) is 4.42 Å². The van der Waals surface area contributed by atoms with Gasteiger partial charge in [-0.15, -0.1) is 0 Å². The van der Waals surface area contributed by atoms with Crippen molar-refractivity contribution in [1.82, 2.24) is 5.32 Å². The lowest BCUT2D eigenvalue weighted by Crippen LogP contribution is -2.19. The monoisotopic (exact) mass is 324 g/mol. The van der Waals surface area contributed by atoms with Crippen LogP contribution in [0.25, 0.3) is 6.08 Å². The summed E-state index contributed by atoms with van der Waals surface area (Å²) in [6, 6.07) is 13.5. The molecule has 0 radical (unpaired) electrons. The molecule has 2 aromatic rings. The van der Waals surface area contributed by atoms with E-state index >= 15 is 0 Å². The van der Waals surface area contributed by atoms with Crippen molar-refractivity contribution >= 4 is 34.6 Å². The molecule has 0 spiro atoms. The minimum Gasteiger partial charge on any atom is -0.461 e. The summed E-state index contributed by atoms with van der Waals surface area (Å²) < 4.78 is 5.83. The lowest BCUT2D eigenvalue weighted by Gasteiger charge is -1.94. The number of carbonyl (C=O) groups excluding carboxylic acids is 1. The minimum atomic E-state index is -0.137. The smallest absolute Gasteiger partial charge is 0.264 e. The first-order chi connectivity index (χ1) is 11.2. The number of rotatable bonds is 3. The van der Waals surface area contributed by atoms with Gasteiger partial charge in [0.25, 0.3) is 5.91 Å². The van der Waals surface area contributed by atoms with Gasteiger partial charge in [-0.1, -0.05) is 25.1 Å². The van der Waals surface area contributed by atoms with Gasteiger partial charge in [-0.2, -0.15) is 0 Å². The molecule has 1 aliphatic heterocycles. The van der Waals surface area contributed by atoms with E-state index in [1.165, 1.54) is 18.2 Å². The molecule has 1 N–H and O–H groups in total. The van der Waals surface area contributed by atoms with Crippen LogP contribution in [-0.4, -0.2) is 11.1 Å². The van der Waals surface area contributed by atoms with Crippen molar-refractivity contribution in [2.24, 2.45) is 10.9 Å². The Kier molecular flexibility index (Phi) is 3.58. The Morgan fingerprint density at radius 3 is 2.78 bits per heavy atom. The minimum absolute atomic E-state index is 0.137. The van der Waals surface area contributed by atoms with Gasteiger partial charge in [0.05, 0.1) is 10.6 Å². The number of hydrogen-bond donors (Lipinski definition) is 1. The molecule has 116 valence electrons. The highest BCUT2D eigenvalue weighted by atomic mass is 32.2. The van der Waals surface area contributed by atoms with Gasteiger partial charge in [0.15, 0.2) is 5.17 Å². The van der Waals surface area contributed by atoms with Crippen LogP contribution in [0.5, 0.6) is 0 Å². The normalized spacial score (nSPS) is 26.7. The molecule has 1 saturated carbocycles. The highest BCUT2D eigenvalue weighted by molar-refractivity contribution is 8.18. The Morgan fingerprint density at radius 1 is 1.26 bits per heavy atom. The molecule has 0 unspecified atom stereocenters. The molecule has 1 saturated heterocycles. The second kappa shape index (κ2) is 5.74. The third-order valence-corrected chi connectivity index (χ3v) is 4.94. The van der Waals surface area contributed by atoms with Crippen molar-refractivity contribution in [3.8, 4) is 0 Å². The molecule has 23 heavy (non-hydrogen) atoms. The molecule has 4 nitrogen and oxygen atoms in total. The fourth-order valence-electron chi connectivity index (χ4n) is 2.59. The van der Waals surface area contributed by atoms with Crippen molar-refractivity contribution in [2.45, 2.75) is 19.3 Å². The van der Waals surface area contributed by atoms with E-state index in [-0.39, 0.29) is 5.91 Å². The maximum Gasteiger partial charge on any atom is 0.264 e. The number of hydrogen-bond acceptors (Lipinski definition) is 4. The van der Waals surface area contributed by atoms with E-state index in [0.717, 1.165) is 17.2 Å². The molecule has 1 aromatic heterocycles. The molecular formula is C18H16N2O2S. The topological polar surface area (TPSA) is 54.6 Å². The lowest BCUT2D eigenvalue weighted by atomic mass is 10.3. The number of amides is 1. The van der Waals surface area contributed by atoms with Crippen molar-refractivity contribution in [1.29, 1.82) is 0 Å². The number of aliphatic imine (C=N–C) groups is 1. The van der Waals surface area contributed by atoms with E-state index in [1.807, 2.05) is 42.5 Å². The predicted octanol–water partition coefficient (Wildman–Crippen LogP) is 4.29. The first-order valence-electron chi connectivity index (χ1n) is 7.63. The van der Waals surface area contributed by atoms with Gasteiger partial charge < -0.3 is 9.73 Å². The first-order valence-corrected chi connectivity index (χ1v) is 8.45. The van der Waals surface area contributed by atoms with Gasteiger partial charge >= 0.3 is 0 Å². The zero-order valence-corrected chi connectivity index (χ0v) is 13.5. The summed E-state index contributed by atoms with van der Waals surface area (Å²) in [6.07, 6.45) is 2.97. The van der Waals surface area contributed by atoms with Crippen molar-refractivity contribution in [3.63, 3.8) is 0 Å². The number of carbonyl (C=O) groups is 1. The Balaban J connectivity index is 1.52. The number of nitrogens with one attached hydrogen (secondary N) is 1. The van der Waals surface area contributed by atoms with Crippen LogP contribution in [0.2, 0.25) is 0 Å². The zero-order valence-electron chi connectivity index (χ0n) is 12.7. The van der Waals surface area contributed by atoms with Crippen molar-refractivity contribution < 1.29 is 9.21 Å². The van der Waals surface area contributed by atoms with Crippen LogP contribution in [0.1, 0.15) is 30.8 Å². The molecular weight excluding hydrogens is 308 g/mol. The number of benzene rings is 1. The van der Waals surface area contributed by atoms with Gasteiger partial charge in [0.2, 0.25) is 0 Å². The third kappa shape index (κ3) is 3.10. The molecule has 1 amide bonds. The molecule has 2 fully saturated rings. The SMILES string of the molecule is C[C@H]1C[C@@H]1c1ccc(/C=C2\SC(=Nc3ccccc3)NC2=O)o1. The Morgan fingerprint density at radius 2 is 2.04 bits per heavy atom. The molecule has 0 bridgehead atoms. The van der Waals surface area contributed by atoms with Gasteiger partial charge in [0, 0.05) is 12.0 Å². The average Bonchev–Trinajstić information content (AvgIpc) is 2.94. The van der Waals surface area contributed by atoms with E-state index in [0.29, 0.717) is 21.9 Å². The summed E-state index contributed by atoms with van der Waals surface area (Å²) in [6.45, 7) is 2.22. The summed E-state index contributed by atoms with van der Waals surface area (Å²) in [4.78, 5) is 17.1. The maximum atomic E-state index is 12.1. The second-order valence-electron chi connectivity index (χ2n) is 5.88. The van der Waals surface area contributed by atoms with E-state index in [1.54, 1.807) is 6.08 Å². The molecule has 4 rings (SSSR count). The fourth-order valence-corrected chi connectivity index (χ4v) is 3.42. The summed E-state index contributed by atoms with van der Waals surface area (Å²) in [7, 11) is 0. The molecule has 2 atom stereocenters. The van der Waals surface area contributed by atoms with Crippen LogP contribution in [0, 0.1) is 5.92 Å². The number of nitrogens with zero attached hydrogens (tertiary/aromatic N) is 1. The number of amidine groups is 1. The highest BCUT2D eigenvalue weighted by Crippen LogP contribution is 2.47. The van der Waals surface area contributed by atoms with Crippen LogP contribution in [0.3, 0.4) is 0 Å². The van der Waals surface area contributed by atoms with Crippen molar-refractivity contribution in [3.05, 3.63) is 58.9 Å². The Bertz CT molecular complexity index is 807. The summed E-state index contributed by atoms with van der Waals surface area (Å²) >= 11 is 1.33. The quantitative estimate of drug-likeness (QED) is 0.857. The fraction of sp³-hybridized carbons (Fsp3) is 0.222. The third-order valence-electron chi connectivity index (χ3n) is 4.03. The predicted molar refractivity (Wildman–Crippen MR) is 92.5 cm³/mol. The van der Waals surface area contributed by atoms with Gasteiger partial charge in [-0.25, -0.2) is 4.99 Å². The molecule has 2 heterocycles. The van der Waals surface area contributed by atoms with Crippen LogP contribution in [0.4, 0.5) is 5.69 Å². The van der Waals surface area contributed by atoms with Crippen LogP contribution < -0.4 is 5.32 Å². The Hall–Kier alpha value is -2.27. The molecule has 2 aliphatic rings. The Labute approximate surface area is 138 Å². The average molecular weight is 324 g/mol. The number of para-hydroxylation sites is 1. The lowest BCUT2D eigenvalue weighted by molar-refractivity contribution is -0.115. The number of thioether (sulfide) groups is 1. The standard InChI is InChI=1S/C18H16N2O2S/c1-11-9-14(11)15-8-7-13(22-15)10-16-17(21)20-18(23-16)19-12-5-3-2-4-6-12/h2-8,10-11,14H,9H2,1H3,(H,19,20,21)/b16-10-/t11-,14-/m0/s1. The summed E-state index contributed by atoms with van der Waals surface area (Å²) in [5.74, 6) is 2.85. The molecule has 1 aliphatic carbocycles. The van der Waals surface area contributed by atoms with E-state index < -0.39 is 0 Å². The first kappa shape index (κ1) is 14.3. The molecule has 5 heteroatoms. The summed E-state index contributed by atoms with van der Waals surface area (Å²) in [5.41, 5.74) is 0.819. The van der Waals surface area contributed by atoms with Crippen molar-refractivity contribution in [2.75, 3.05) is 0 Å². The van der Waals surface area contributed by atoms with Crippen LogP contribution in [0.15, 0.2) is 56.8 Å². The van der Waals surface area contributed by atoms with Crippen LogP contribution in [-0.2, 0) is 4.79 Å². The van der Waals surface area contributed by atoms with E-state index in [9.17, 15) is 4.79 Å². The van der Waals surface area contributed by atoms with Gasteiger partial charge in [-0.3, -0.25) is 4.79 Å². The number of furan rings is 1. The van der Waals surface area contributed by atoms with Gasteiger partial charge in [0.1, 0.15) is 11.5 Å². The maximum absolute atomic E-state index is 12.1. The molecule has 1 aromatic carbocycles. The zero-order chi connectivity index (χ0) is 15.8.